The molecule has 20 heavy (non-hydrogen) atoms. The van der Waals surface area contributed by atoms with Crippen LogP contribution in [0.1, 0.15) is 33.4 Å². The Hall–Kier alpha value is -1.26. The molecular weight excluding hydrogens is 249 g/mol. The second-order valence-corrected chi connectivity index (χ2v) is 6.75. The first-order valence-electron chi connectivity index (χ1n) is 7.13. The number of benzene rings is 1. The fraction of sp³-hybridized carbons (Fsp3) is 0.500. The fourth-order valence-electron chi connectivity index (χ4n) is 2.63. The van der Waals surface area contributed by atoms with Gasteiger partial charge in [0.1, 0.15) is 0 Å². The molecule has 1 aliphatic heterocycles. The van der Waals surface area contributed by atoms with E-state index in [0.29, 0.717) is 0 Å². The van der Waals surface area contributed by atoms with E-state index in [1.54, 1.807) is 0 Å². The molecule has 0 spiro atoms. The maximum atomic E-state index is 6.11. The third-order valence-corrected chi connectivity index (χ3v) is 4.83. The van der Waals surface area contributed by atoms with Crippen molar-refractivity contribution in [3.63, 3.8) is 0 Å². The van der Waals surface area contributed by atoms with Crippen LogP contribution in [0.3, 0.4) is 0 Å². The molecule has 0 radical (unpaired) electrons. The average Bonchev–Trinajstić information content (AvgIpc) is 2.74. The summed E-state index contributed by atoms with van der Waals surface area (Å²) in [7, 11) is 1.80. The topological polar surface area (TPSA) is 23.4 Å². The maximum absolute atomic E-state index is 6.11. The van der Waals surface area contributed by atoms with Crippen LogP contribution in [0, 0.1) is 6.92 Å². The first-order chi connectivity index (χ1) is 9.21. The summed E-state index contributed by atoms with van der Waals surface area (Å²) in [6.07, 6.45) is 0. The Balaban J connectivity index is 2.00. The van der Waals surface area contributed by atoms with Gasteiger partial charge in [0.05, 0.1) is 11.2 Å². The highest BCUT2D eigenvalue weighted by molar-refractivity contribution is 6.62. The number of aromatic nitrogens is 1. The van der Waals surface area contributed by atoms with Crippen molar-refractivity contribution >= 4 is 23.5 Å². The van der Waals surface area contributed by atoms with E-state index in [4.69, 9.17) is 9.31 Å². The molecule has 0 atom stereocenters. The Morgan fingerprint density at radius 1 is 1.00 bits per heavy atom. The summed E-state index contributed by atoms with van der Waals surface area (Å²) < 4.78 is 14.4. The molecule has 0 bridgehead atoms. The molecule has 2 heterocycles. The lowest BCUT2D eigenvalue weighted by atomic mass is 9.78. The maximum Gasteiger partial charge on any atom is 0.494 e. The summed E-state index contributed by atoms with van der Waals surface area (Å²) in [4.78, 5) is 0. The molecule has 3 nitrogen and oxygen atoms in total. The summed E-state index contributed by atoms with van der Waals surface area (Å²) in [6.45, 7) is 10.4. The minimum absolute atomic E-state index is 0.287. The van der Waals surface area contributed by atoms with Crippen molar-refractivity contribution < 1.29 is 9.31 Å². The zero-order valence-corrected chi connectivity index (χ0v) is 13.2. The molecule has 0 unspecified atom stereocenters. The minimum Gasteiger partial charge on any atom is -0.399 e. The number of rotatable bonds is 1. The van der Waals surface area contributed by atoms with Gasteiger partial charge in [-0.3, -0.25) is 0 Å². The predicted octanol–water partition coefficient (Wildman–Crippen LogP) is 2.79. The molecule has 0 N–H and O–H groups in total. The number of hydrogen-bond acceptors (Lipinski definition) is 2. The van der Waals surface area contributed by atoms with E-state index in [-0.39, 0.29) is 18.3 Å². The van der Waals surface area contributed by atoms with E-state index in [1.165, 1.54) is 16.6 Å². The van der Waals surface area contributed by atoms with Crippen LogP contribution in [0.15, 0.2) is 24.3 Å². The highest BCUT2D eigenvalue weighted by Crippen LogP contribution is 2.36. The Morgan fingerprint density at radius 3 is 2.20 bits per heavy atom. The molecular formula is C16H22BNO2. The van der Waals surface area contributed by atoms with E-state index >= 15 is 0 Å². The number of nitrogens with zero attached hydrogens (tertiary/aromatic N) is 1. The van der Waals surface area contributed by atoms with Gasteiger partial charge < -0.3 is 13.9 Å². The molecule has 106 valence electrons. The fourth-order valence-corrected chi connectivity index (χ4v) is 2.63. The van der Waals surface area contributed by atoms with E-state index in [9.17, 15) is 0 Å². The van der Waals surface area contributed by atoms with Crippen molar-refractivity contribution in [3.05, 3.63) is 30.0 Å². The predicted molar refractivity (Wildman–Crippen MR) is 83.4 cm³/mol. The molecule has 3 rings (SSSR count). The van der Waals surface area contributed by atoms with Gasteiger partial charge in [0.15, 0.2) is 0 Å². The van der Waals surface area contributed by atoms with Crippen LogP contribution in [0.2, 0.25) is 0 Å². The largest absolute Gasteiger partial charge is 0.494 e. The molecule has 1 aliphatic rings. The van der Waals surface area contributed by atoms with E-state index in [0.717, 1.165) is 5.46 Å². The van der Waals surface area contributed by atoms with Crippen LogP contribution in [0.25, 0.3) is 10.9 Å². The summed E-state index contributed by atoms with van der Waals surface area (Å²) in [6, 6.07) is 8.61. The third kappa shape index (κ3) is 1.90. The van der Waals surface area contributed by atoms with Crippen LogP contribution in [0.4, 0.5) is 0 Å². The van der Waals surface area contributed by atoms with Crippen LogP contribution in [0.5, 0.6) is 0 Å². The molecule has 1 aromatic heterocycles. The zero-order valence-electron chi connectivity index (χ0n) is 13.2. The van der Waals surface area contributed by atoms with Gasteiger partial charge in [-0.05, 0) is 57.6 Å². The molecule has 0 amide bonds. The molecule has 1 saturated heterocycles. The van der Waals surface area contributed by atoms with Crippen LogP contribution < -0.4 is 5.46 Å². The van der Waals surface area contributed by atoms with Gasteiger partial charge in [0, 0.05) is 18.3 Å². The van der Waals surface area contributed by atoms with Crippen molar-refractivity contribution in [2.75, 3.05) is 0 Å². The quantitative estimate of drug-likeness (QED) is 0.744. The highest BCUT2D eigenvalue weighted by Gasteiger charge is 2.51. The third-order valence-electron chi connectivity index (χ3n) is 4.83. The molecule has 1 fully saturated rings. The average molecular weight is 271 g/mol. The second-order valence-electron chi connectivity index (χ2n) is 6.75. The zero-order chi connectivity index (χ0) is 14.7. The lowest BCUT2D eigenvalue weighted by Crippen LogP contribution is -2.41. The van der Waals surface area contributed by atoms with E-state index in [2.05, 4.69) is 70.5 Å². The van der Waals surface area contributed by atoms with Crippen LogP contribution >= 0.6 is 0 Å². The van der Waals surface area contributed by atoms with Crippen molar-refractivity contribution in [1.82, 2.24) is 4.57 Å². The van der Waals surface area contributed by atoms with Crippen molar-refractivity contribution in [2.24, 2.45) is 7.05 Å². The monoisotopic (exact) mass is 271 g/mol. The SMILES string of the molecule is Cc1cc2cc(B3OC(C)(C)C(C)(C)O3)ccc2n1C. The van der Waals surface area contributed by atoms with Crippen LogP contribution in [-0.4, -0.2) is 22.9 Å². The number of fused-ring (bicyclic) bond motifs is 1. The summed E-state index contributed by atoms with van der Waals surface area (Å²) >= 11 is 0. The first-order valence-corrected chi connectivity index (χ1v) is 7.13. The molecule has 0 saturated carbocycles. The van der Waals surface area contributed by atoms with E-state index < -0.39 is 0 Å². The molecule has 2 aromatic rings. The normalized spacial score (nSPS) is 20.8. The van der Waals surface area contributed by atoms with Crippen molar-refractivity contribution in [1.29, 1.82) is 0 Å². The lowest BCUT2D eigenvalue weighted by Gasteiger charge is -2.32. The van der Waals surface area contributed by atoms with Crippen molar-refractivity contribution in [3.8, 4) is 0 Å². The smallest absolute Gasteiger partial charge is 0.399 e. The molecule has 1 aromatic carbocycles. The van der Waals surface area contributed by atoms with Crippen molar-refractivity contribution in [2.45, 2.75) is 45.8 Å². The molecule has 4 heteroatoms. The van der Waals surface area contributed by atoms with Crippen LogP contribution in [-0.2, 0) is 16.4 Å². The Morgan fingerprint density at radius 2 is 1.60 bits per heavy atom. The Labute approximate surface area is 121 Å². The van der Waals surface area contributed by atoms with Gasteiger partial charge in [0.25, 0.3) is 0 Å². The Bertz CT molecular complexity index is 656. The highest BCUT2D eigenvalue weighted by atomic mass is 16.7. The minimum atomic E-state index is -0.292. The van der Waals surface area contributed by atoms with Gasteiger partial charge in [-0.1, -0.05) is 12.1 Å². The van der Waals surface area contributed by atoms with E-state index in [1.807, 2.05) is 0 Å². The number of hydrogen-bond donors (Lipinski definition) is 0. The summed E-state index contributed by atoms with van der Waals surface area (Å²) in [5.41, 5.74) is 2.99. The number of aryl methyl sites for hydroxylation is 2. The lowest BCUT2D eigenvalue weighted by molar-refractivity contribution is 0.00578. The summed E-state index contributed by atoms with van der Waals surface area (Å²) in [5.74, 6) is 0. The standard InChI is InChI=1S/C16H22BNO2/c1-11-9-12-10-13(7-8-14(12)18(11)6)17-19-15(2,3)16(4,5)20-17/h7-10H,1-6H3. The van der Waals surface area contributed by atoms with Gasteiger partial charge in [-0.15, -0.1) is 0 Å². The Kier molecular flexibility index (Phi) is 2.83. The van der Waals surface area contributed by atoms with Gasteiger partial charge in [-0.25, -0.2) is 0 Å². The van der Waals surface area contributed by atoms with Gasteiger partial charge >= 0.3 is 7.12 Å². The van der Waals surface area contributed by atoms with Gasteiger partial charge in [-0.2, -0.15) is 0 Å². The molecule has 0 aliphatic carbocycles. The first kappa shape index (κ1) is 13.7. The summed E-state index contributed by atoms with van der Waals surface area (Å²) in [5, 5.41) is 1.23. The van der Waals surface area contributed by atoms with Gasteiger partial charge in [0.2, 0.25) is 0 Å². The second kappa shape index (κ2) is 4.12.